The summed E-state index contributed by atoms with van der Waals surface area (Å²) in [5.74, 6) is 0.0525. The van der Waals surface area contributed by atoms with Crippen LogP contribution in [0.1, 0.15) is 16.1 Å². The zero-order chi connectivity index (χ0) is 20.2. The summed E-state index contributed by atoms with van der Waals surface area (Å²) >= 11 is 0. The number of pyridine rings is 1. The summed E-state index contributed by atoms with van der Waals surface area (Å²) in [7, 11) is 1.53. The van der Waals surface area contributed by atoms with Crippen molar-refractivity contribution in [3.8, 4) is 11.6 Å². The fraction of sp³-hybridized carbons (Fsp3) is 0.0909. The quantitative estimate of drug-likeness (QED) is 0.570. The number of rotatable bonds is 5. The van der Waals surface area contributed by atoms with Gasteiger partial charge in [-0.1, -0.05) is 42.5 Å². The normalized spacial score (nSPS) is 10.7. The summed E-state index contributed by atoms with van der Waals surface area (Å²) in [4.78, 5) is 30.0. The fourth-order valence-electron chi connectivity index (χ4n) is 3.10. The lowest BCUT2D eigenvalue weighted by molar-refractivity contribution is 0.0946. The molecule has 144 valence electrons. The van der Waals surface area contributed by atoms with Crippen molar-refractivity contribution in [2.24, 2.45) is 0 Å². The van der Waals surface area contributed by atoms with Gasteiger partial charge in [0.25, 0.3) is 11.5 Å². The van der Waals surface area contributed by atoms with Gasteiger partial charge in [0, 0.05) is 23.7 Å². The molecule has 2 heterocycles. The second-order valence-corrected chi connectivity index (χ2v) is 6.30. The Morgan fingerprint density at radius 2 is 1.72 bits per heavy atom. The molecule has 0 saturated carbocycles. The Kier molecular flexibility index (Phi) is 5.03. The van der Waals surface area contributed by atoms with Crippen LogP contribution in [0.15, 0.2) is 77.7 Å². The number of fused-ring (bicyclic) bond motifs is 1. The average molecular weight is 386 g/mol. The van der Waals surface area contributed by atoms with E-state index in [0.717, 1.165) is 5.56 Å². The van der Waals surface area contributed by atoms with Gasteiger partial charge in [0.15, 0.2) is 5.69 Å². The van der Waals surface area contributed by atoms with Crippen molar-refractivity contribution in [1.29, 1.82) is 0 Å². The predicted molar refractivity (Wildman–Crippen MR) is 109 cm³/mol. The fourth-order valence-corrected chi connectivity index (χ4v) is 3.10. The minimum absolute atomic E-state index is 0.173. The highest BCUT2D eigenvalue weighted by Crippen LogP contribution is 2.17. The van der Waals surface area contributed by atoms with Crippen molar-refractivity contribution >= 4 is 16.7 Å². The molecule has 1 N–H and O–H groups in total. The Labute approximate surface area is 166 Å². The van der Waals surface area contributed by atoms with E-state index in [2.05, 4.69) is 15.4 Å². The van der Waals surface area contributed by atoms with Crippen molar-refractivity contribution in [2.75, 3.05) is 7.11 Å². The van der Waals surface area contributed by atoms with Gasteiger partial charge in [0.1, 0.15) is 0 Å². The SMILES string of the molecule is COc1ncccc1CNC(=O)c1nn(-c2ccccc2)c(=O)c2ccccc12. The molecule has 2 aromatic heterocycles. The lowest BCUT2D eigenvalue weighted by Gasteiger charge is -2.12. The van der Waals surface area contributed by atoms with Gasteiger partial charge in [0.2, 0.25) is 5.88 Å². The van der Waals surface area contributed by atoms with E-state index in [1.54, 1.807) is 48.7 Å². The van der Waals surface area contributed by atoms with Crippen molar-refractivity contribution in [1.82, 2.24) is 20.1 Å². The molecule has 0 atom stereocenters. The van der Waals surface area contributed by atoms with Crippen LogP contribution in [0.3, 0.4) is 0 Å². The number of benzene rings is 2. The van der Waals surface area contributed by atoms with Gasteiger partial charge in [-0.25, -0.2) is 4.98 Å². The number of amides is 1. The van der Waals surface area contributed by atoms with Crippen LogP contribution in [0, 0.1) is 0 Å². The average Bonchev–Trinajstić information content (AvgIpc) is 2.78. The van der Waals surface area contributed by atoms with Gasteiger partial charge in [-0.05, 0) is 24.3 Å². The number of nitrogens with zero attached hydrogens (tertiary/aromatic N) is 3. The maximum atomic E-state index is 13.0. The topological polar surface area (TPSA) is 86.1 Å². The number of aromatic nitrogens is 3. The highest BCUT2D eigenvalue weighted by atomic mass is 16.5. The lowest BCUT2D eigenvalue weighted by Crippen LogP contribution is -2.30. The third-order valence-corrected chi connectivity index (χ3v) is 4.50. The Morgan fingerprint density at radius 1 is 1.00 bits per heavy atom. The molecule has 2 aromatic carbocycles. The number of ether oxygens (including phenoxy) is 1. The van der Waals surface area contributed by atoms with Crippen LogP contribution < -0.4 is 15.6 Å². The van der Waals surface area contributed by atoms with Crippen LogP contribution >= 0.6 is 0 Å². The van der Waals surface area contributed by atoms with Crippen LogP contribution in [0.2, 0.25) is 0 Å². The third kappa shape index (κ3) is 3.58. The molecule has 1 amide bonds. The van der Waals surface area contributed by atoms with Crippen molar-refractivity contribution < 1.29 is 9.53 Å². The van der Waals surface area contributed by atoms with E-state index in [4.69, 9.17) is 4.74 Å². The predicted octanol–water partition coefficient (Wildman–Crippen LogP) is 2.72. The van der Waals surface area contributed by atoms with Crippen LogP contribution in [0.4, 0.5) is 0 Å². The molecule has 0 spiro atoms. The summed E-state index contributed by atoms with van der Waals surface area (Å²) in [5, 5.41) is 8.14. The van der Waals surface area contributed by atoms with Gasteiger partial charge in [0.05, 0.1) is 18.2 Å². The number of hydrogen-bond donors (Lipinski definition) is 1. The van der Waals surface area contributed by atoms with Crippen molar-refractivity contribution in [3.63, 3.8) is 0 Å². The summed E-state index contributed by atoms with van der Waals surface area (Å²) < 4.78 is 6.47. The van der Waals surface area contributed by atoms with Crippen LogP contribution in [0.5, 0.6) is 5.88 Å². The van der Waals surface area contributed by atoms with E-state index in [1.165, 1.54) is 11.8 Å². The second kappa shape index (κ2) is 7.93. The Morgan fingerprint density at radius 3 is 2.48 bits per heavy atom. The van der Waals surface area contributed by atoms with Gasteiger partial charge in [-0.2, -0.15) is 9.78 Å². The Hall–Kier alpha value is -4.00. The first-order chi connectivity index (χ1) is 14.2. The Bertz CT molecular complexity index is 1240. The van der Waals surface area contributed by atoms with Crippen molar-refractivity contribution in [2.45, 2.75) is 6.54 Å². The molecule has 4 aromatic rings. The van der Waals surface area contributed by atoms with Gasteiger partial charge in [-0.15, -0.1) is 0 Å². The van der Waals surface area contributed by atoms with E-state index in [-0.39, 0.29) is 17.8 Å². The molecular weight excluding hydrogens is 368 g/mol. The minimum Gasteiger partial charge on any atom is -0.481 e. The Balaban J connectivity index is 1.75. The summed E-state index contributed by atoms with van der Waals surface area (Å²) in [6.07, 6.45) is 1.62. The van der Waals surface area contributed by atoms with Crippen LogP contribution in [0.25, 0.3) is 16.5 Å². The maximum Gasteiger partial charge on any atom is 0.279 e. The van der Waals surface area contributed by atoms with E-state index < -0.39 is 5.91 Å². The first-order valence-corrected chi connectivity index (χ1v) is 9.02. The monoisotopic (exact) mass is 386 g/mol. The second-order valence-electron chi connectivity index (χ2n) is 6.30. The molecule has 7 nitrogen and oxygen atoms in total. The molecular formula is C22H18N4O3. The molecule has 0 bridgehead atoms. The lowest BCUT2D eigenvalue weighted by atomic mass is 10.1. The van der Waals surface area contributed by atoms with Crippen LogP contribution in [-0.2, 0) is 6.54 Å². The minimum atomic E-state index is -0.392. The molecule has 7 heteroatoms. The van der Waals surface area contributed by atoms with Gasteiger partial charge in [-0.3, -0.25) is 9.59 Å². The zero-order valence-corrected chi connectivity index (χ0v) is 15.7. The third-order valence-electron chi connectivity index (χ3n) is 4.50. The molecule has 0 aliphatic rings. The maximum absolute atomic E-state index is 13.0. The van der Waals surface area contributed by atoms with E-state index in [9.17, 15) is 9.59 Å². The standard InChI is InChI=1S/C22H18N4O3/c1-29-21-15(8-7-13-23-21)14-24-20(27)19-17-11-5-6-12-18(17)22(28)26(25-19)16-9-3-2-4-10-16/h2-13H,14H2,1H3,(H,24,27). The highest BCUT2D eigenvalue weighted by molar-refractivity contribution is 6.04. The first-order valence-electron chi connectivity index (χ1n) is 9.02. The van der Waals surface area contributed by atoms with E-state index in [0.29, 0.717) is 22.3 Å². The molecule has 0 aliphatic heterocycles. The molecule has 0 radical (unpaired) electrons. The zero-order valence-electron chi connectivity index (χ0n) is 15.7. The number of carbonyl (C=O) groups is 1. The molecule has 29 heavy (non-hydrogen) atoms. The molecule has 0 unspecified atom stereocenters. The summed E-state index contributed by atoms with van der Waals surface area (Å²) in [6.45, 7) is 0.219. The summed E-state index contributed by atoms with van der Waals surface area (Å²) in [5.41, 5.74) is 1.22. The first kappa shape index (κ1) is 18.4. The number of nitrogens with one attached hydrogen (secondary N) is 1. The summed E-state index contributed by atoms with van der Waals surface area (Å²) in [6, 6.07) is 19.6. The number of methoxy groups -OCH3 is 1. The number of hydrogen-bond acceptors (Lipinski definition) is 5. The van der Waals surface area contributed by atoms with Crippen LogP contribution in [-0.4, -0.2) is 27.8 Å². The number of carbonyl (C=O) groups excluding carboxylic acids is 1. The van der Waals surface area contributed by atoms with E-state index in [1.807, 2.05) is 24.3 Å². The molecule has 0 fully saturated rings. The molecule has 0 saturated heterocycles. The molecule has 0 aliphatic carbocycles. The van der Waals surface area contributed by atoms with E-state index >= 15 is 0 Å². The van der Waals surface area contributed by atoms with Gasteiger partial charge >= 0.3 is 0 Å². The largest absolute Gasteiger partial charge is 0.481 e. The van der Waals surface area contributed by atoms with Crippen molar-refractivity contribution in [3.05, 3.63) is 94.5 Å². The smallest absolute Gasteiger partial charge is 0.279 e. The highest BCUT2D eigenvalue weighted by Gasteiger charge is 2.17. The van der Waals surface area contributed by atoms with Gasteiger partial charge < -0.3 is 10.1 Å². The molecule has 4 rings (SSSR count). The number of para-hydroxylation sites is 1.